The topological polar surface area (TPSA) is 53.3 Å². The van der Waals surface area contributed by atoms with Crippen LogP contribution >= 0.6 is 34.4 Å². The van der Waals surface area contributed by atoms with E-state index in [4.69, 9.17) is 14.5 Å². The summed E-state index contributed by atoms with van der Waals surface area (Å²) in [5.41, 5.74) is 4.84. The van der Waals surface area contributed by atoms with Crippen LogP contribution in [-0.2, 0) is 23.5 Å². The maximum Gasteiger partial charge on any atom is 0.338 e. The molecular formula is C26H25IN2O3S. The number of carbonyl (C=O) groups excluding carboxylic acids is 1. The number of nitrogens with zero attached hydrogens (tertiary/aromatic N) is 2. The molecule has 7 heteroatoms. The molecule has 0 atom stereocenters. The van der Waals surface area contributed by atoms with Crippen LogP contribution in [0.3, 0.4) is 0 Å². The van der Waals surface area contributed by atoms with Gasteiger partial charge in [-0.2, -0.15) is 0 Å². The largest absolute Gasteiger partial charge is 0.497 e. The van der Waals surface area contributed by atoms with E-state index in [2.05, 4.69) is 63.6 Å². The van der Waals surface area contributed by atoms with Crippen LogP contribution in [0.25, 0.3) is 11.0 Å². The molecule has 0 bridgehead atoms. The van der Waals surface area contributed by atoms with E-state index < -0.39 is 0 Å². The Morgan fingerprint density at radius 2 is 1.88 bits per heavy atom. The molecule has 0 saturated carbocycles. The first-order chi connectivity index (χ1) is 16.1. The summed E-state index contributed by atoms with van der Waals surface area (Å²) >= 11 is 4.05. The number of aryl methyl sites for hydroxylation is 2. The zero-order valence-electron chi connectivity index (χ0n) is 18.6. The molecule has 0 aliphatic carbocycles. The molecule has 33 heavy (non-hydrogen) atoms. The van der Waals surface area contributed by atoms with Gasteiger partial charge in [0.25, 0.3) is 0 Å². The van der Waals surface area contributed by atoms with Crippen molar-refractivity contribution in [1.82, 2.24) is 9.55 Å². The molecule has 170 valence electrons. The Morgan fingerprint density at radius 1 is 1.06 bits per heavy atom. The Kier molecular flexibility index (Phi) is 7.93. The van der Waals surface area contributed by atoms with Crippen molar-refractivity contribution in [2.75, 3.05) is 13.7 Å². The van der Waals surface area contributed by atoms with Crippen molar-refractivity contribution in [2.45, 2.75) is 30.8 Å². The van der Waals surface area contributed by atoms with Crippen LogP contribution in [0.1, 0.15) is 28.4 Å². The van der Waals surface area contributed by atoms with Crippen LogP contribution in [0, 0.1) is 3.57 Å². The molecule has 5 nitrogen and oxygen atoms in total. The second-order valence-electron chi connectivity index (χ2n) is 7.49. The van der Waals surface area contributed by atoms with E-state index in [1.165, 1.54) is 14.7 Å². The minimum absolute atomic E-state index is 0.319. The fourth-order valence-electron chi connectivity index (χ4n) is 3.58. The fourth-order valence-corrected chi connectivity index (χ4v) is 5.17. The zero-order valence-corrected chi connectivity index (χ0v) is 21.6. The molecule has 0 N–H and O–H groups in total. The van der Waals surface area contributed by atoms with Gasteiger partial charge in [-0.25, -0.2) is 9.78 Å². The third-order valence-electron chi connectivity index (χ3n) is 5.26. The van der Waals surface area contributed by atoms with Crippen molar-refractivity contribution in [3.63, 3.8) is 0 Å². The highest BCUT2D eigenvalue weighted by Crippen LogP contribution is 2.28. The SMILES string of the molecule is CCOC(=O)c1ccc2c(c1)nc(SCc1cccc(I)c1)n2CCc1ccc(OC)cc1. The standard InChI is InChI=1S/C26H25IN2O3S/c1-3-32-25(30)20-9-12-24-23(16-20)28-26(33-17-19-5-4-6-21(27)15-19)29(24)14-13-18-7-10-22(31-2)11-8-18/h4-12,15-16H,3,13-14,17H2,1-2H3. The van der Waals surface area contributed by atoms with E-state index >= 15 is 0 Å². The summed E-state index contributed by atoms with van der Waals surface area (Å²) in [6.07, 6.45) is 0.867. The minimum Gasteiger partial charge on any atom is -0.497 e. The number of rotatable bonds is 9. The lowest BCUT2D eigenvalue weighted by Crippen LogP contribution is -2.05. The normalized spacial score (nSPS) is 11.0. The maximum atomic E-state index is 12.2. The van der Waals surface area contributed by atoms with Crippen molar-refractivity contribution in [3.8, 4) is 5.75 Å². The second-order valence-corrected chi connectivity index (χ2v) is 9.67. The number of fused-ring (bicyclic) bond motifs is 1. The number of benzene rings is 3. The Morgan fingerprint density at radius 3 is 2.61 bits per heavy atom. The fraction of sp³-hybridized carbons (Fsp3) is 0.231. The second kappa shape index (κ2) is 11.1. The molecule has 0 amide bonds. The Labute approximate surface area is 211 Å². The summed E-state index contributed by atoms with van der Waals surface area (Å²) in [4.78, 5) is 17.1. The molecular weight excluding hydrogens is 547 g/mol. The van der Waals surface area contributed by atoms with Crippen LogP contribution in [0.2, 0.25) is 0 Å². The molecule has 1 aromatic heterocycles. The minimum atomic E-state index is -0.319. The average Bonchev–Trinajstić information content (AvgIpc) is 3.18. The predicted molar refractivity (Wildman–Crippen MR) is 141 cm³/mol. The van der Waals surface area contributed by atoms with E-state index in [1.807, 2.05) is 37.3 Å². The number of methoxy groups -OCH3 is 1. The highest BCUT2D eigenvalue weighted by Gasteiger charge is 2.15. The third kappa shape index (κ3) is 5.89. The summed E-state index contributed by atoms with van der Waals surface area (Å²) in [6, 6.07) is 22.3. The number of aromatic nitrogens is 2. The number of halogens is 1. The summed E-state index contributed by atoms with van der Waals surface area (Å²) in [5, 5.41) is 0.943. The van der Waals surface area contributed by atoms with E-state index in [1.54, 1.807) is 18.9 Å². The van der Waals surface area contributed by atoms with Gasteiger partial charge in [0.15, 0.2) is 5.16 Å². The smallest absolute Gasteiger partial charge is 0.338 e. The lowest BCUT2D eigenvalue weighted by molar-refractivity contribution is 0.0526. The number of esters is 1. The van der Waals surface area contributed by atoms with Crippen molar-refractivity contribution in [2.24, 2.45) is 0 Å². The van der Waals surface area contributed by atoms with Gasteiger partial charge in [0.1, 0.15) is 5.75 Å². The van der Waals surface area contributed by atoms with E-state index in [9.17, 15) is 4.79 Å². The molecule has 0 aliphatic heterocycles. The summed E-state index contributed by atoms with van der Waals surface area (Å²) in [5.74, 6) is 1.36. The van der Waals surface area contributed by atoms with Gasteiger partial charge in [-0.3, -0.25) is 0 Å². The van der Waals surface area contributed by atoms with Gasteiger partial charge in [0, 0.05) is 15.9 Å². The summed E-state index contributed by atoms with van der Waals surface area (Å²) < 4.78 is 13.9. The Balaban J connectivity index is 1.62. The van der Waals surface area contributed by atoms with Crippen molar-refractivity contribution in [1.29, 1.82) is 0 Å². The molecule has 0 radical (unpaired) electrons. The average molecular weight is 572 g/mol. The van der Waals surface area contributed by atoms with Gasteiger partial charge in [0.2, 0.25) is 0 Å². The van der Waals surface area contributed by atoms with Gasteiger partial charge >= 0.3 is 5.97 Å². The first-order valence-corrected chi connectivity index (χ1v) is 12.8. The molecule has 4 aromatic rings. The van der Waals surface area contributed by atoms with Crippen LogP contribution in [0.5, 0.6) is 5.75 Å². The third-order valence-corrected chi connectivity index (χ3v) is 6.98. The number of ether oxygens (including phenoxy) is 2. The lowest BCUT2D eigenvalue weighted by Gasteiger charge is -2.10. The number of thioether (sulfide) groups is 1. The van der Waals surface area contributed by atoms with Crippen LogP contribution < -0.4 is 4.74 Å². The number of hydrogen-bond donors (Lipinski definition) is 0. The first kappa shape index (κ1) is 23.6. The molecule has 1 heterocycles. The number of imidazole rings is 1. The molecule has 0 unspecified atom stereocenters. The van der Waals surface area contributed by atoms with Gasteiger partial charge < -0.3 is 14.0 Å². The van der Waals surface area contributed by atoms with Crippen molar-refractivity contribution >= 4 is 51.4 Å². The highest BCUT2D eigenvalue weighted by molar-refractivity contribution is 14.1. The number of carbonyl (C=O) groups is 1. The molecule has 0 aliphatic rings. The molecule has 0 fully saturated rings. The van der Waals surface area contributed by atoms with E-state index in [-0.39, 0.29) is 5.97 Å². The molecule has 4 rings (SSSR count). The van der Waals surface area contributed by atoms with Gasteiger partial charge in [-0.15, -0.1) is 0 Å². The van der Waals surface area contributed by atoms with Crippen molar-refractivity contribution < 1.29 is 14.3 Å². The lowest BCUT2D eigenvalue weighted by atomic mass is 10.1. The first-order valence-electron chi connectivity index (χ1n) is 10.7. The quantitative estimate of drug-likeness (QED) is 0.133. The molecule has 0 saturated heterocycles. The molecule has 3 aromatic carbocycles. The molecule has 0 spiro atoms. The summed E-state index contributed by atoms with van der Waals surface area (Å²) in [6.45, 7) is 2.95. The highest BCUT2D eigenvalue weighted by atomic mass is 127. The Bertz CT molecular complexity index is 1250. The van der Waals surface area contributed by atoms with Crippen molar-refractivity contribution in [3.05, 3.63) is 87.0 Å². The van der Waals surface area contributed by atoms with Crippen LogP contribution in [0.15, 0.2) is 71.9 Å². The van der Waals surface area contributed by atoms with E-state index in [0.717, 1.165) is 40.7 Å². The monoisotopic (exact) mass is 572 g/mol. The predicted octanol–water partition coefficient (Wildman–Crippen LogP) is 6.36. The zero-order chi connectivity index (χ0) is 23.2. The van der Waals surface area contributed by atoms with E-state index in [0.29, 0.717) is 12.2 Å². The Hall–Kier alpha value is -2.52. The van der Waals surface area contributed by atoms with Gasteiger partial charge in [0.05, 0.1) is 30.3 Å². The van der Waals surface area contributed by atoms with Gasteiger partial charge in [-0.1, -0.05) is 36.0 Å². The van der Waals surface area contributed by atoms with Crippen LogP contribution in [0.4, 0.5) is 0 Å². The summed E-state index contributed by atoms with van der Waals surface area (Å²) in [7, 11) is 1.68. The number of hydrogen-bond acceptors (Lipinski definition) is 5. The maximum absolute atomic E-state index is 12.2. The van der Waals surface area contributed by atoms with Gasteiger partial charge in [-0.05, 0) is 89.5 Å². The van der Waals surface area contributed by atoms with Crippen LogP contribution in [-0.4, -0.2) is 29.2 Å².